The molecule has 2 fully saturated rings. The van der Waals surface area contributed by atoms with Crippen LogP contribution in [0.4, 0.5) is 8.78 Å². The molecule has 24 nitrogen and oxygen atoms in total. The number of unbranched alkanes of at least 4 members (excludes halogenated alkanes) is 2. The molecule has 3 aliphatic rings. The minimum Gasteiger partial charge on any atom is -0.508 e. The van der Waals surface area contributed by atoms with Crippen molar-refractivity contribution >= 4 is 104 Å². The van der Waals surface area contributed by atoms with Crippen molar-refractivity contribution in [3.8, 4) is 5.75 Å². The molecule has 0 saturated carbocycles. The quantitative estimate of drug-likeness (QED) is 0.0660. The third-order valence-electron chi connectivity index (χ3n) is 18.3. The molecular weight excluding hydrogens is 1310 g/mol. The number of amides is 10. The SMILES string of the molecule is CC(C)C[C@@H]1NC(=O)[C@@H]2CCCN2C(=O)[C@H](Cc2c[nH]c3ccc(F)cc23)NC(=O)[C@H](Cc2c[nH]c3ccc(F)cc23)NC(=O)CNC(=O)[C@H](CCCCCN)NC(=O)CCSCc2cccc(c2)CSC[C@@H](C(N)=O)NC(=O)[C@]2(C)CCCN2C(=O)[C@H](Cc2ccc(O)cc2)NC1=O. The first-order valence-corrected chi connectivity index (χ1v) is 36.0. The predicted molar refractivity (Wildman–Crippen MR) is 374 cm³/mol. The summed E-state index contributed by atoms with van der Waals surface area (Å²) >= 11 is 2.86. The number of thioether (sulfide) groups is 2. The van der Waals surface area contributed by atoms with Crippen LogP contribution in [0.5, 0.6) is 5.75 Å². The number of benzene rings is 4. The van der Waals surface area contributed by atoms with Gasteiger partial charge in [-0.05, 0) is 141 Å². The summed E-state index contributed by atoms with van der Waals surface area (Å²) in [4.78, 5) is 154. The number of phenols is 1. The van der Waals surface area contributed by atoms with Crippen LogP contribution < -0.4 is 48.7 Å². The Morgan fingerprint density at radius 2 is 1.27 bits per heavy atom. The summed E-state index contributed by atoms with van der Waals surface area (Å²) < 4.78 is 29.9. The van der Waals surface area contributed by atoms with Crippen LogP contribution in [0, 0.1) is 17.6 Å². The molecular formula is C71H89F2N13O11S2. The molecule has 0 spiro atoms. The van der Waals surface area contributed by atoms with E-state index in [4.69, 9.17) is 11.5 Å². The van der Waals surface area contributed by atoms with Crippen molar-refractivity contribution < 1.29 is 61.8 Å². The zero-order valence-corrected chi connectivity index (χ0v) is 57.5. The lowest BCUT2D eigenvalue weighted by molar-refractivity contribution is -0.147. The van der Waals surface area contributed by atoms with Gasteiger partial charge >= 0.3 is 0 Å². The third kappa shape index (κ3) is 19.9. The maximum atomic E-state index is 15.5. The topological polar surface area (TPSA) is 365 Å². The molecule has 2 aromatic heterocycles. The van der Waals surface area contributed by atoms with Gasteiger partial charge in [-0.2, -0.15) is 23.5 Å². The van der Waals surface area contributed by atoms with Crippen molar-refractivity contribution in [2.75, 3.05) is 37.7 Å². The Balaban J connectivity index is 1.04. The highest BCUT2D eigenvalue weighted by atomic mass is 32.2. The smallest absolute Gasteiger partial charge is 0.246 e. The number of nitrogens with one attached hydrogen (secondary N) is 9. The van der Waals surface area contributed by atoms with Crippen molar-refractivity contribution in [1.82, 2.24) is 57.0 Å². The molecule has 5 heterocycles. The van der Waals surface area contributed by atoms with Gasteiger partial charge in [-0.15, -0.1) is 0 Å². The van der Waals surface area contributed by atoms with Crippen LogP contribution in [0.25, 0.3) is 21.8 Å². The van der Waals surface area contributed by atoms with Crippen molar-refractivity contribution in [2.24, 2.45) is 17.4 Å². The van der Waals surface area contributed by atoms with E-state index in [9.17, 15) is 43.1 Å². The van der Waals surface area contributed by atoms with Crippen LogP contribution in [0.1, 0.15) is 113 Å². The number of carbonyl (C=O) groups excluding carboxylic acids is 10. The Labute approximate surface area is 581 Å². The number of aromatic hydroxyl groups is 1. The number of hydrogen-bond donors (Lipinski definition) is 12. The van der Waals surface area contributed by atoms with Crippen LogP contribution in [0.3, 0.4) is 0 Å². The van der Waals surface area contributed by atoms with Crippen LogP contribution in [0.2, 0.25) is 0 Å². The van der Waals surface area contributed by atoms with Crippen LogP contribution in [-0.4, -0.2) is 169 Å². The Bertz CT molecular complexity index is 3910. The number of H-pyrrole nitrogens is 2. The normalized spacial score (nSPS) is 23.7. The van der Waals surface area contributed by atoms with E-state index in [1.807, 2.05) is 38.1 Å². The van der Waals surface area contributed by atoms with E-state index in [0.717, 1.165) is 11.1 Å². The number of carbonyl (C=O) groups is 10. The summed E-state index contributed by atoms with van der Waals surface area (Å²) in [6.07, 6.45) is 5.67. The summed E-state index contributed by atoms with van der Waals surface area (Å²) in [5.41, 5.74) is 14.4. The van der Waals surface area contributed by atoms with Crippen molar-refractivity contribution in [2.45, 2.75) is 164 Å². The molecule has 2 saturated heterocycles. The molecule has 0 aliphatic carbocycles. The first-order valence-electron chi connectivity index (χ1n) is 33.7. The minimum absolute atomic E-state index is 0.0137. The van der Waals surface area contributed by atoms with Gasteiger partial charge in [0.25, 0.3) is 0 Å². The Hall–Kier alpha value is -9.02. The predicted octanol–water partition coefficient (Wildman–Crippen LogP) is 4.68. The van der Waals surface area contributed by atoms with E-state index in [-0.39, 0.29) is 81.9 Å². The maximum Gasteiger partial charge on any atom is 0.246 e. The average molecular weight is 1400 g/mol. The van der Waals surface area contributed by atoms with E-state index in [0.29, 0.717) is 94.4 Å². The van der Waals surface area contributed by atoms with E-state index in [1.54, 1.807) is 31.5 Å². The lowest BCUT2D eigenvalue weighted by Gasteiger charge is -2.37. The molecule has 28 heteroatoms. The van der Waals surface area contributed by atoms with Gasteiger partial charge in [-0.1, -0.05) is 63.1 Å². The number of nitrogens with zero attached hydrogens (tertiary/aromatic N) is 2. The Kier molecular flexibility index (Phi) is 26.0. The summed E-state index contributed by atoms with van der Waals surface area (Å²) in [6.45, 7) is 5.13. The first-order chi connectivity index (χ1) is 47.5. The number of hydrogen-bond acceptors (Lipinski definition) is 14. The Morgan fingerprint density at radius 3 is 1.92 bits per heavy atom. The average Bonchev–Trinajstić information content (AvgIpc) is 1.70. The Morgan fingerprint density at radius 1 is 0.657 bits per heavy atom. The van der Waals surface area contributed by atoms with Gasteiger partial charge in [0, 0.05) is 96.0 Å². The number of nitrogens with two attached hydrogens (primary N) is 2. The van der Waals surface area contributed by atoms with E-state index < -0.39 is 125 Å². The number of rotatable bonds is 14. The highest BCUT2D eigenvalue weighted by Crippen LogP contribution is 2.32. The third-order valence-corrected chi connectivity index (χ3v) is 20.5. The summed E-state index contributed by atoms with van der Waals surface area (Å²) in [5.74, 6) is -7.06. The molecule has 0 unspecified atom stereocenters. The lowest BCUT2D eigenvalue weighted by Crippen LogP contribution is -2.63. The van der Waals surface area contributed by atoms with Crippen molar-refractivity contribution in [1.29, 1.82) is 0 Å². The van der Waals surface area contributed by atoms with Crippen LogP contribution in [0.15, 0.2) is 97.3 Å². The zero-order chi connectivity index (χ0) is 70.9. The van der Waals surface area contributed by atoms with E-state index in [1.165, 1.54) is 81.9 Å². The van der Waals surface area contributed by atoms with Gasteiger partial charge in [0.05, 0.1) is 6.54 Å². The van der Waals surface area contributed by atoms with Crippen LogP contribution in [-0.2, 0) is 78.7 Å². The molecule has 10 amide bonds. The lowest BCUT2D eigenvalue weighted by atomic mass is 9.95. The summed E-state index contributed by atoms with van der Waals surface area (Å²) in [6, 6.07) is 12.8. The second-order valence-corrected chi connectivity index (χ2v) is 28.5. The first kappa shape index (κ1) is 74.2. The van der Waals surface area contributed by atoms with Gasteiger partial charge in [0.1, 0.15) is 65.2 Å². The molecule has 0 radical (unpaired) electrons. The molecule has 9 rings (SSSR count). The highest BCUT2D eigenvalue weighted by molar-refractivity contribution is 7.98. The molecule has 6 aromatic rings. The van der Waals surface area contributed by atoms with Gasteiger partial charge in [0.2, 0.25) is 59.1 Å². The molecule has 3 aliphatic heterocycles. The molecule has 2 bridgehead atoms. The fourth-order valence-corrected chi connectivity index (χ4v) is 14.9. The largest absolute Gasteiger partial charge is 0.508 e. The molecule has 14 N–H and O–H groups in total. The number of aromatic nitrogens is 2. The van der Waals surface area contributed by atoms with Crippen LogP contribution >= 0.6 is 23.5 Å². The summed E-state index contributed by atoms with van der Waals surface area (Å²) in [5, 5.41) is 30.6. The highest BCUT2D eigenvalue weighted by Gasteiger charge is 2.49. The number of primary amides is 1. The van der Waals surface area contributed by atoms with Gasteiger partial charge < -0.3 is 73.6 Å². The standard InChI is InChI=1S/C71H89F2N13O11S2/c1-41(2)28-55-65(92)82-57(30-42-14-18-49(87)19-15-42)69(96)86-26-9-23-71(86,3)70(97)84-59(63(75)90)40-99-39-44-11-7-10-43(29-44)38-98-27-22-61(88)79-54(12-5-4-6-24-74)64(91)78-37-62(89)80-56(31-45-35-76-52-20-16-47(72)33-50(45)52)66(93)83-58(68(95)85-25-8-13-60(85)67(94)81-55)32-46-36-77-53-21-17-48(73)34-51(46)53/h7,10-11,14-21,29,33-36,41,54-60,76-77,87H,4-6,8-9,12-13,22-28,30-32,37-40,74H2,1-3H3,(H2,75,90)(H,78,91)(H,79,88)(H,80,89)(H,81,94)(H,82,92)(H,83,93)(H,84,97)/t54-,55-,56-,57-,58-,59-,60-,71-/m0/s1. The minimum atomic E-state index is -1.52. The molecule has 530 valence electrons. The van der Waals surface area contributed by atoms with Crippen molar-refractivity contribution in [3.63, 3.8) is 0 Å². The molecule has 99 heavy (non-hydrogen) atoms. The monoisotopic (exact) mass is 1400 g/mol. The fraction of sp³-hybridized carbons (Fsp3) is 0.465. The molecule has 4 aromatic carbocycles. The number of halogens is 2. The zero-order valence-electron chi connectivity index (χ0n) is 55.9. The number of aromatic amines is 2. The van der Waals surface area contributed by atoms with Gasteiger partial charge in [-0.25, -0.2) is 8.78 Å². The fourth-order valence-electron chi connectivity index (χ4n) is 13.0. The summed E-state index contributed by atoms with van der Waals surface area (Å²) in [7, 11) is 0. The van der Waals surface area contributed by atoms with Crippen molar-refractivity contribution in [3.05, 3.63) is 137 Å². The maximum absolute atomic E-state index is 15.5. The van der Waals surface area contributed by atoms with E-state index in [2.05, 4.69) is 47.2 Å². The number of phenolic OH excluding ortho intramolecular Hbond substituents is 1. The van der Waals surface area contributed by atoms with E-state index >= 15 is 18.8 Å². The second-order valence-electron chi connectivity index (χ2n) is 26.3. The number of fused-ring (bicyclic) bond motifs is 6. The second kappa shape index (κ2) is 34.7. The molecule has 8 atom stereocenters. The van der Waals surface area contributed by atoms with Gasteiger partial charge in [0.15, 0.2) is 0 Å². The van der Waals surface area contributed by atoms with Gasteiger partial charge in [-0.3, -0.25) is 47.9 Å².